The number of hydrogen-bond acceptors (Lipinski definition) is 3. The number of likely N-dealkylation sites (tertiary alicyclic amines) is 1. The number of aryl methyl sites for hydroxylation is 1. The van der Waals surface area contributed by atoms with Gasteiger partial charge in [-0.1, -0.05) is 18.2 Å². The molecule has 0 spiro atoms. The fourth-order valence-corrected chi connectivity index (χ4v) is 3.26. The van der Waals surface area contributed by atoms with Crippen LogP contribution < -0.4 is 5.32 Å². The second kappa shape index (κ2) is 6.26. The van der Waals surface area contributed by atoms with Crippen molar-refractivity contribution in [2.45, 2.75) is 38.6 Å². The van der Waals surface area contributed by atoms with E-state index in [1.807, 2.05) is 25.1 Å². The highest BCUT2D eigenvalue weighted by molar-refractivity contribution is 6.04. The zero-order chi connectivity index (χ0) is 17.3. The third kappa shape index (κ3) is 3.00. The Balaban J connectivity index is 1.54. The van der Waals surface area contributed by atoms with Crippen LogP contribution in [0.25, 0.3) is 0 Å². The number of carboxylic acids is 1. The number of carboxylic acid groups (broad SMARTS) is 1. The molecule has 6 nitrogen and oxygen atoms in total. The predicted molar refractivity (Wildman–Crippen MR) is 87.6 cm³/mol. The number of nitrogens with one attached hydrogen (secondary N) is 1. The lowest BCUT2D eigenvalue weighted by molar-refractivity contribution is -0.153. The number of rotatable bonds is 4. The topological polar surface area (TPSA) is 86.7 Å². The van der Waals surface area contributed by atoms with Crippen LogP contribution in [0.2, 0.25) is 0 Å². The third-order valence-corrected chi connectivity index (χ3v) is 5.08. The Morgan fingerprint density at radius 2 is 1.79 bits per heavy atom. The second-order valence-electron chi connectivity index (χ2n) is 6.74. The molecule has 0 radical (unpaired) electrons. The zero-order valence-electron chi connectivity index (χ0n) is 13.7. The highest BCUT2D eigenvalue weighted by Crippen LogP contribution is 2.47. The minimum absolute atomic E-state index is 0.0149. The molecule has 0 bridgehead atoms. The smallest absolute Gasteiger partial charge is 0.319 e. The van der Waals surface area contributed by atoms with Gasteiger partial charge in [-0.15, -0.1) is 0 Å². The molecule has 2 N–H and O–H groups in total. The van der Waals surface area contributed by atoms with Crippen LogP contribution in [0.1, 0.15) is 41.6 Å². The van der Waals surface area contributed by atoms with E-state index in [0.717, 1.165) is 5.56 Å². The fourth-order valence-electron chi connectivity index (χ4n) is 3.26. The second-order valence-corrected chi connectivity index (χ2v) is 6.74. The predicted octanol–water partition coefficient (Wildman–Crippen LogP) is 1.58. The van der Waals surface area contributed by atoms with Gasteiger partial charge < -0.3 is 15.3 Å². The number of benzene rings is 1. The molecule has 0 aromatic heterocycles. The van der Waals surface area contributed by atoms with Gasteiger partial charge in [0.1, 0.15) is 5.41 Å². The van der Waals surface area contributed by atoms with Crippen LogP contribution in [-0.2, 0) is 9.59 Å². The van der Waals surface area contributed by atoms with Gasteiger partial charge in [0.15, 0.2) is 0 Å². The summed E-state index contributed by atoms with van der Waals surface area (Å²) < 4.78 is 0. The van der Waals surface area contributed by atoms with Crippen molar-refractivity contribution < 1.29 is 19.5 Å². The first kappa shape index (κ1) is 16.5. The molecule has 1 aromatic carbocycles. The van der Waals surface area contributed by atoms with Crippen molar-refractivity contribution in [2.75, 3.05) is 13.1 Å². The summed E-state index contributed by atoms with van der Waals surface area (Å²) in [5.41, 5.74) is 0.426. The normalized spacial score (nSPS) is 19.6. The Morgan fingerprint density at radius 3 is 2.33 bits per heavy atom. The molecular weight excluding hydrogens is 308 g/mol. The van der Waals surface area contributed by atoms with Gasteiger partial charge in [-0.05, 0) is 44.2 Å². The first-order valence-electron chi connectivity index (χ1n) is 8.33. The monoisotopic (exact) mass is 330 g/mol. The van der Waals surface area contributed by atoms with E-state index >= 15 is 0 Å². The molecule has 1 saturated heterocycles. The Morgan fingerprint density at radius 1 is 1.17 bits per heavy atom. The van der Waals surface area contributed by atoms with Crippen molar-refractivity contribution >= 4 is 17.8 Å². The maximum atomic E-state index is 12.4. The van der Waals surface area contributed by atoms with Crippen molar-refractivity contribution in [1.82, 2.24) is 10.2 Å². The summed E-state index contributed by atoms with van der Waals surface area (Å²) in [6.45, 7) is 2.89. The Kier molecular flexibility index (Phi) is 4.30. The zero-order valence-corrected chi connectivity index (χ0v) is 13.7. The third-order valence-electron chi connectivity index (χ3n) is 5.08. The van der Waals surface area contributed by atoms with Crippen LogP contribution in [0.5, 0.6) is 0 Å². The number of piperidine rings is 1. The fraction of sp³-hybridized carbons (Fsp3) is 0.500. The van der Waals surface area contributed by atoms with Crippen molar-refractivity contribution in [1.29, 1.82) is 0 Å². The molecule has 2 fully saturated rings. The van der Waals surface area contributed by atoms with E-state index in [0.29, 0.717) is 44.3 Å². The van der Waals surface area contributed by atoms with E-state index in [-0.39, 0.29) is 17.9 Å². The first-order valence-corrected chi connectivity index (χ1v) is 8.33. The molecule has 6 heteroatoms. The average molecular weight is 330 g/mol. The van der Waals surface area contributed by atoms with Gasteiger partial charge in [0.2, 0.25) is 5.91 Å². The molecule has 0 unspecified atom stereocenters. The van der Waals surface area contributed by atoms with Crippen molar-refractivity contribution in [3.8, 4) is 0 Å². The summed E-state index contributed by atoms with van der Waals surface area (Å²) in [6.07, 6.45) is 2.17. The molecule has 1 aliphatic carbocycles. The van der Waals surface area contributed by atoms with Gasteiger partial charge in [0.25, 0.3) is 5.91 Å². The van der Waals surface area contributed by atoms with Crippen molar-refractivity contribution in [3.05, 3.63) is 35.4 Å². The molecule has 0 atom stereocenters. The molecular formula is C18H22N2O4. The molecule has 1 aromatic rings. The molecule has 2 amide bonds. The maximum Gasteiger partial charge on any atom is 0.319 e. The summed E-state index contributed by atoms with van der Waals surface area (Å²) in [4.78, 5) is 37.6. The van der Waals surface area contributed by atoms with Gasteiger partial charge in [-0.3, -0.25) is 14.4 Å². The lowest BCUT2D eigenvalue weighted by Gasteiger charge is -2.34. The SMILES string of the molecule is Cc1ccccc1C(=O)NC1CCN(C(=O)C2(C(=O)O)CC2)CC1. The van der Waals surface area contributed by atoms with Gasteiger partial charge in [-0.25, -0.2) is 0 Å². The summed E-state index contributed by atoms with van der Waals surface area (Å²) in [7, 11) is 0. The molecule has 1 heterocycles. The average Bonchev–Trinajstić information content (AvgIpc) is 3.37. The van der Waals surface area contributed by atoms with E-state index < -0.39 is 11.4 Å². The number of nitrogens with zero attached hydrogens (tertiary/aromatic N) is 1. The summed E-state index contributed by atoms with van der Waals surface area (Å²) in [6, 6.07) is 7.45. The summed E-state index contributed by atoms with van der Waals surface area (Å²) >= 11 is 0. The summed E-state index contributed by atoms with van der Waals surface area (Å²) in [5, 5.41) is 12.2. The number of carbonyl (C=O) groups excluding carboxylic acids is 2. The van der Waals surface area contributed by atoms with Crippen LogP contribution in [0, 0.1) is 12.3 Å². The lowest BCUT2D eigenvalue weighted by Crippen LogP contribution is -2.49. The van der Waals surface area contributed by atoms with E-state index in [9.17, 15) is 19.5 Å². The molecule has 3 rings (SSSR count). The van der Waals surface area contributed by atoms with Crippen LogP contribution >= 0.6 is 0 Å². The quantitative estimate of drug-likeness (QED) is 0.821. The number of amides is 2. The van der Waals surface area contributed by atoms with Crippen LogP contribution in [0.4, 0.5) is 0 Å². The molecule has 2 aliphatic rings. The number of aliphatic carboxylic acids is 1. The van der Waals surface area contributed by atoms with E-state index in [4.69, 9.17) is 0 Å². The minimum atomic E-state index is -1.17. The van der Waals surface area contributed by atoms with Gasteiger partial charge in [-0.2, -0.15) is 0 Å². The van der Waals surface area contributed by atoms with E-state index in [1.54, 1.807) is 11.0 Å². The number of hydrogen-bond donors (Lipinski definition) is 2. The first-order chi connectivity index (χ1) is 11.4. The van der Waals surface area contributed by atoms with Gasteiger partial charge in [0, 0.05) is 24.7 Å². The molecule has 128 valence electrons. The maximum absolute atomic E-state index is 12.4. The molecule has 1 aliphatic heterocycles. The minimum Gasteiger partial charge on any atom is -0.480 e. The molecule has 24 heavy (non-hydrogen) atoms. The van der Waals surface area contributed by atoms with Crippen molar-refractivity contribution in [2.24, 2.45) is 5.41 Å². The van der Waals surface area contributed by atoms with Gasteiger partial charge in [0.05, 0.1) is 0 Å². The van der Waals surface area contributed by atoms with Crippen molar-refractivity contribution in [3.63, 3.8) is 0 Å². The van der Waals surface area contributed by atoms with Crippen LogP contribution in [0.15, 0.2) is 24.3 Å². The summed E-state index contributed by atoms with van der Waals surface area (Å²) in [5.74, 6) is -1.37. The van der Waals surface area contributed by atoms with E-state index in [2.05, 4.69) is 5.32 Å². The highest BCUT2D eigenvalue weighted by atomic mass is 16.4. The molecule has 1 saturated carbocycles. The van der Waals surface area contributed by atoms with Crippen LogP contribution in [0.3, 0.4) is 0 Å². The largest absolute Gasteiger partial charge is 0.480 e. The Bertz CT molecular complexity index is 673. The van der Waals surface area contributed by atoms with E-state index in [1.165, 1.54) is 0 Å². The number of carbonyl (C=O) groups is 3. The Labute approximate surface area is 140 Å². The highest BCUT2D eigenvalue weighted by Gasteiger charge is 2.58. The Hall–Kier alpha value is -2.37. The van der Waals surface area contributed by atoms with Gasteiger partial charge >= 0.3 is 5.97 Å². The van der Waals surface area contributed by atoms with Crippen LogP contribution in [-0.4, -0.2) is 46.9 Å². The standard InChI is InChI=1S/C18H22N2O4/c1-12-4-2-3-5-14(12)15(21)19-13-6-10-20(11-7-13)16(22)18(8-9-18)17(23)24/h2-5,13H,6-11H2,1H3,(H,19,21)(H,23,24). The lowest BCUT2D eigenvalue weighted by atomic mass is 9.99.